The number of halogens is 1. The fourth-order valence-electron chi connectivity index (χ4n) is 3.01. The van der Waals surface area contributed by atoms with Crippen LogP contribution in [0.5, 0.6) is 5.88 Å². The summed E-state index contributed by atoms with van der Waals surface area (Å²) < 4.78 is 5.59. The van der Waals surface area contributed by atoms with Crippen LogP contribution in [0.1, 0.15) is 25.5 Å². The number of aryl methyl sites for hydroxylation is 1. The van der Waals surface area contributed by atoms with Gasteiger partial charge in [0.15, 0.2) is 6.61 Å². The Morgan fingerprint density at radius 2 is 2.23 bits per heavy atom. The van der Waals surface area contributed by atoms with E-state index in [1.165, 1.54) is 6.42 Å². The van der Waals surface area contributed by atoms with Crippen molar-refractivity contribution in [1.29, 1.82) is 0 Å². The van der Waals surface area contributed by atoms with Gasteiger partial charge in [0.05, 0.1) is 0 Å². The number of ether oxygens (including phenoxy) is 1. The predicted molar refractivity (Wildman–Crippen MR) is 103 cm³/mol. The van der Waals surface area contributed by atoms with Crippen molar-refractivity contribution in [3.63, 3.8) is 0 Å². The second-order valence-corrected chi connectivity index (χ2v) is 7.12. The zero-order valence-corrected chi connectivity index (χ0v) is 15.8. The molecule has 7 heteroatoms. The lowest BCUT2D eigenvalue weighted by Gasteiger charge is -2.31. The van der Waals surface area contributed by atoms with Crippen molar-refractivity contribution in [2.75, 3.05) is 29.9 Å². The van der Waals surface area contributed by atoms with E-state index in [0.717, 1.165) is 25.2 Å². The molecule has 0 bridgehead atoms. The van der Waals surface area contributed by atoms with Gasteiger partial charge in [0, 0.05) is 35.6 Å². The maximum Gasteiger partial charge on any atom is 0.262 e. The number of amides is 1. The lowest BCUT2D eigenvalue weighted by Crippen LogP contribution is -2.35. The minimum absolute atomic E-state index is 0.126. The van der Waals surface area contributed by atoms with Gasteiger partial charge in [-0.05, 0) is 43.9 Å². The first-order chi connectivity index (χ1) is 12.5. The second kappa shape index (κ2) is 8.36. The Bertz CT molecular complexity index is 784. The molecule has 1 aromatic carbocycles. The number of hydrogen-bond acceptors (Lipinski definition) is 5. The molecule has 0 radical (unpaired) electrons. The molecule has 138 valence electrons. The van der Waals surface area contributed by atoms with E-state index in [9.17, 15) is 4.79 Å². The summed E-state index contributed by atoms with van der Waals surface area (Å²) in [7, 11) is 0. The minimum atomic E-state index is -0.267. The van der Waals surface area contributed by atoms with E-state index in [-0.39, 0.29) is 12.5 Å². The first-order valence-electron chi connectivity index (χ1n) is 8.78. The predicted octanol–water partition coefficient (Wildman–Crippen LogP) is 3.69. The summed E-state index contributed by atoms with van der Waals surface area (Å²) in [5.74, 6) is 1.44. The van der Waals surface area contributed by atoms with E-state index in [1.807, 2.05) is 6.92 Å². The number of anilines is 2. The first-order valence-corrected chi connectivity index (χ1v) is 9.16. The van der Waals surface area contributed by atoms with Crippen LogP contribution in [-0.4, -0.2) is 35.6 Å². The molecule has 1 amide bonds. The van der Waals surface area contributed by atoms with Crippen LogP contribution < -0.4 is 15.0 Å². The Morgan fingerprint density at radius 1 is 1.38 bits per heavy atom. The van der Waals surface area contributed by atoms with Crippen LogP contribution in [0.2, 0.25) is 5.02 Å². The zero-order chi connectivity index (χ0) is 18.5. The van der Waals surface area contributed by atoms with Crippen molar-refractivity contribution in [3.05, 3.63) is 41.0 Å². The van der Waals surface area contributed by atoms with Crippen LogP contribution in [0.25, 0.3) is 0 Å². The smallest absolute Gasteiger partial charge is 0.262 e. The van der Waals surface area contributed by atoms with Crippen LogP contribution in [0.3, 0.4) is 0 Å². The van der Waals surface area contributed by atoms with Crippen molar-refractivity contribution < 1.29 is 9.53 Å². The quantitative estimate of drug-likeness (QED) is 0.864. The van der Waals surface area contributed by atoms with Gasteiger partial charge < -0.3 is 15.0 Å². The van der Waals surface area contributed by atoms with Crippen molar-refractivity contribution >= 4 is 29.1 Å². The number of nitrogens with one attached hydrogen (secondary N) is 1. The Kier molecular flexibility index (Phi) is 5.93. The number of aromatic nitrogens is 2. The lowest BCUT2D eigenvalue weighted by molar-refractivity contribution is -0.118. The van der Waals surface area contributed by atoms with Crippen LogP contribution in [0.4, 0.5) is 11.6 Å². The molecule has 2 aromatic rings. The summed E-state index contributed by atoms with van der Waals surface area (Å²) in [5, 5.41) is 3.31. The van der Waals surface area contributed by atoms with Crippen molar-refractivity contribution in [3.8, 4) is 5.88 Å². The minimum Gasteiger partial charge on any atom is -0.467 e. The number of carbonyl (C=O) groups is 1. The highest BCUT2D eigenvalue weighted by Gasteiger charge is 2.19. The highest BCUT2D eigenvalue weighted by molar-refractivity contribution is 6.30. The van der Waals surface area contributed by atoms with Crippen LogP contribution in [0.15, 0.2) is 30.3 Å². The maximum absolute atomic E-state index is 12.1. The highest BCUT2D eigenvalue weighted by Crippen LogP contribution is 2.22. The standard InChI is InChI=1S/C19H23ClN4O2/c1-13-5-4-8-24(11-13)19-21-14(2)9-18(23-19)26-12-17(25)22-16-7-3-6-15(20)10-16/h3,6-7,9-10,13H,4-5,8,11-12H2,1-2H3,(H,22,25)/t13-/m0/s1. The third-order valence-electron chi connectivity index (χ3n) is 4.22. The van der Waals surface area contributed by atoms with Crippen molar-refractivity contribution in [2.45, 2.75) is 26.7 Å². The molecular weight excluding hydrogens is 352 g/mol. The second-order valence-electron chi connectivity index (χ2n) is 6.69. The molecule has 0 saturated carbocycles. The van der Waals surface area contributed by atoms with Crippen LogP contribution in [0, 0.1) is 12.8 Å². The molecule has 2 heterocycles. The van der Waals surface area contributed by atoms with E-state index in [4.69, 9.17) is 16.3 Å². The fraction of sp³-hybridized carbons (Fsp3) is 0.421. The Balaban J connectivity index is 1.61. The molecule has 1 saturated heterocycles. The summed E-state index contributed by atoms with van der Waals surface area (Å²) in [6, 6.07) is 8.72. The molecule has 3 rings (SSSR count). The molecule has 1 fully saturated rings. The number of hydrogen-bond donors (Lipinski definition) is 1. The molecule has 1 N–H and O–H groups in total. The van der Waals surface area contributed by atoms with Gasteiger partial charge in [-0.25, -0.2) is 4.98 Å². The van der Waals surface area contributed by atoms with E-state index in [2.05, 4.69) is 27.1 Å². The number of benzene rings is 1. The SMILES string of the molecule is Cc1cc(OCC(=O)Nc2cccc(Cl)c2)nc(N2CCC[C@H](C)C2)n1. The first kappa shape index (κ1) is 18.5. The lowest BCUT2D eigenvalue weighted by atomic mass is 10.0. The molecule has 1 atom stereocenters. The van der Waals surface area contributed by atoms with Gasteiger partial charge in [-0.2, -0.15) is 4.98 Å². The molecule has 26 heavy (non-hydrogen) atoms. The maximum atomic E-state index is 12.1. The molecule has 6 nitrogen and oxygen atoms in total. The molecular formula is C19H23ClN4O2. The van der Waals surface area contributed by atoms with Gasteiger partial charge in [0.1, 0.15) is 0 Å². The van der Waals surface area contributed by atoms with Gasteiger partial charge in [-0.1, -0.05) is 24.6 Å². The van der Waals surface area contributed by atoms with E-state index in [0.29, 0.717) is 28.5 Å². The molecule has 0 unspecified atom stereocenters. The van der Waals surface area contributed by atoms with Crippen molar-refractivity contribution in [2.24, 2.45) is 5.92 Å². The Morgan fingerprint density at radius 3 is 3.00 bits per heavy atom. The number of rotatable bonds is 5. The van der Waals surface area contributed by atoms with E-state index >= 15 is 0 Å². The number of carbonyl (C=O) groups excluding carboxylic acids is 1. The van der Waals surface area contributed by atoms with Crippen LogP contribution >= 0.6 is 11.6 Å². The average Bonchev–Trinajstić information content (AvgIpc) is 2.59. The summed E-state index contributed by atoms with van der Waals surface area (Å²) in [4.78, 5) is 23.3. The monoisotopic (exact) mass is 374 g/mol. The molecule has 1 aliphatic rings. The number of nitrogens with zero attached hydrogens (tertiary/aromatic N) is 3. The van der Waals surface area contributed by atoms with E-state index in [1.54, 1.807) is 30.3 Å². The summed E-state index contributed by atoms with van der Waals surface area (Å²) >= 11 is 5.92. The zero-order valence-electron chi connectivity index (χ0n) is 15.0. The molecule has 1 aromatic heterocycles. The Hall–Kier alpha value is -2.34. The number of piperidine rings is 1. The third-order valence-corrected chi connectivity index (χ3v) is 4.45. The van der Waals surface area contributed by atoms with Crippen molar-refractivity contribution in [1.82, 2.24) is 9.97 Å². The van der Waals surface area contributed by atoms with Gasteiger partial charge >= 0.3 is 0 Å². The molecule has 0 spiro atoms. The summed E-state index contributed by atoms with van der Waals surface area (Å²) in [6.07, 6.45) is 2.37. The summed E-state index contributed by atoms with van der Waals surface area (Å²) in [6.45, 7) is 5.90. The Labute approximate surface area is 158 Å². The topological polar surface area (TPSA) is 67.3 Å². The van der Waals surface area contributed by atoms with Crippen LogP contribution in [-0.2, 0) is 4.79 Å². The van der Waals surface area contributed by atoms with Gasteiger partial charge in [0.2, 0.25) is 11.8 Å². The van der Waals surface area contributed by atoms with E-state index < -0.39 is 0 Å². The highest BCUT2D eigenvalue weighted by atomic mass is 35.5. The molecule has 0 aliphatic carbocycles. The molecule has 1 aliphatic heterocycles. The normalized spacial score (nSPS) is 17.0. The van der Waals surface area contributed by atoms with Gasteiger partial charge in [0.25, 0.3) is 5.91 Å². The van der Waals surface area contributed by atoms with Gasteiger partial charge in [-0.3, -0.25) is 4.79 Å². The largest absolute Gasteiger partial charge is 0.467 e. The third kappa shape index (κ3) is 5.08. The fourth-order valence-corrected chi connectivity index (χ4v) is 3.20. The summed E-state index contributed by atoms with van der Waals surface area (Å²) in [5.41, 5.74) is 1.45. The van der Waals surface area contributed by atoms with Gasteiger partial charge in [-0.15, -0.1) is 0 Å². The average molecular weight is 375 g/mol.